The minimum absolute atomic E-state index is 0.273. The van der Waals surface area contributed by atoms with E-state index in [0.29, 0.717) is 18.5 Å². The number of ether oxygens (including phenoxy) is 1. The van der Waals surface area contributed by atoms with E-state index in [1.807, 2.05) is 0 Å². The van der Waals surface area contributed by atoms with Gasteiger partial charge in [0.2, 0.25) is 5.89 Å². The second kappa shape index (κ2) is 4.39. The van der Waals surface area contributed by atoms with Crippen molar-refractivity contribution in [2.45, 2.75) is 25.4 Å². The zero-order chi connectivity index (χ0) is 9.80. The van der Waals surface area contributed by atoms with Gasteiger partial charge in [-0.25, -0.2) is 0 Å². The Hall–Kier alpha value is -1.14. The molecule has 1 unspecified atom stereocenters. The van der Waals surface area contributed by atoms with Crippen molar-refractivity contribution >= 4 is 6.01 Å². The molecule has 78 valence electrons. The van der Waals surface area contributed by atoms with Crippen molar-refractivity contribution in [1.29, 1.82) is 0 Å². The van der Waals surface area contributed by atoms with Crippen molar-refractivity contribution in [2.24, 2.45) is 5.73 Å². The Bertz CT molecular complexity index is 283. The largest absolute Gasteiger partial charge is 0.407 e. The molecule has 6 nitrogen and oxygen atoms in total. The molecule has 0 saturated carbocycles. The summed E-state index contributed by atoms with van der Waals surface area (Å²) < 4.78 is 10.5. The number of rotatable bonds is 3. The summed E-state index contributed by atoms with van der Waals surface area (Å²) in [5, 5.41) is 10.7. The van der Waals surface area contributed by atoms with Crippen LogP contribution in [0.4, 0.5) is 6.01 Å². The normalized spacial score (nSPS) is 22.2. The molecule has 0 radical (unpaired) electrons. The number of anilines is 1. The summed E-state index contributed by atoms with van der Waals surface area (Å²) in [6, 6.07) is 0.704. The molecule has 1 aliphatic heterocycles. The van der Waals surface area contributed by atoms with Gasteiger partial charge in [0.25, 0.3) is 0 Å². The molecule has 14 heavy (non-hydrogen) atoms. The standard InChI is InChI=1S/C8H14N4O2/c9-4-7-11-12-8(14-7)10-6-2-1-3-13-5-6/h6H,1-5,9H2,(H,10,12). The molecular weight excluding hydrogens is 184 g/mol. The first-order chi connectivity index (χ1) is 6.88. The fourth-order valence-corrected chi connectivity index (χ4v) is 1.42. The molecule has 6 heteroatoms. The van der Waals surface area contributed by atoms with Gasteiger partial charge in [-0.05, 0) is 12.8 Å². The Labute approximate surface area is 81.8 Å². The Kier molecular flexibility index (Phi) is 2.95. The van der Waals surface area contributed by atoms with E-state index < -0.39 is 0 Å². The fraction of sp³-hybridized carbons (Fsp3) is 0.750. The van der Waals surface area contributed by atoms with Crippen LogP contribution in [0.15, 0.2) is 4.42 Å². The van der Waals surface area contributed by atoms with Crippen LogP contribution in [-0.4, -0.2) is 29.5 Å². The van der Waals surface area contributed by atoms with Gasteiger partial charge in [0.1, 0.15) is 0 Å². The Morgan fingerprint density at radius 2 is 2.43 bits per heavy atom. The second-order valence-corrected chi connectivity index (χ2v) is 3.26. The molecule has 0 spiro atoms. The van der Waals surface area contributed by atoms with Crippen molar-refractivity contribution in [3.05, 3.63) is 5.89 Å². The van der Waals surface area contributed by atoms with Crippen LogP contribution in [0, 0.1) is 0 Å². The molecule has 0 aliphatic carbocycles. The summed E-state index contributed by atoms with van der Waals surface area (Å²) in [7, 11) is 0. The van der Waals surface area contributed by atoms with Crippen LogP contribution in [0.1, 0.15) is 18.7 Å². The van der Waals surface area contributed by atoms with Crippen LogP contribution in [0.3, 0.4) is 0 Å². The number of nitrogens with two attached hydrogens (primary N) is 1. The molecule has 1 aromatic heterocycles. The van der Waals surface area contributed by atoms with Gasteiger partial charge < -0.3 is 20.2 Å². The highest BCUT2D eigenvalue weighted by molar-refractivity contribution is 5.19. The molecule has 1 atom stereocenters. The molecule has 2 heterocycles. The van der Waals surface area contributed by atoms with Crippen LogP contribution in [0.25, 0.3) is 0 Å². The molecule has 1 aliphatic rings. The third-order valence-corrected chi connectivity index (χ3v) is 2.13. The summed E-state index contributed by atoms with van der Waals surface area (Å²) in [6.45, 7) is 1.81. The summed E-state index contributed by atoms with van der Waals surface area (Å²) in [4.78, 5) is 0. The molecule has 1 saturated heterocycles. The lowest BCUT2D eigenvalue weighted by Crippen LogP contribution is -2.30. The van der Waals surface area contributed by atoms with Crippen LogP contribution >= 0.6 is 0 Å². The highest BCUT2D eigenvalue weighted by Gasteiger charge is 2.15. The first kappa shape index (κ1) is 9.42. The van der Waals surface area contributed by atoms with Crippen LogP contribution < -0.4 is 11.1 Å². The maximum atomic E-state index is 5.35. The third-order valence-electron chi connectivity index (χ3n) is 2.13. The summed E-state index contributed by atoms with van der Waals surface area (Å²) in [6.07, 6.45) is 2.13. The maximum Gasteiger partial charge on any atom is 0.315 e. The Morgan fingerprint density at radius 1 is 1.50 bits per heavy atom. The number of nitrogens with one attached hydrogen (secondary N) is 1. The summed E-state index contributed by atoms with van der Waals surface area (Å²) >= 11 is 0. The lowest BCUT2D eigenvalue weighted by Gasteiger charge is -2.21. The minimum Gasteiger partial charge on any atom is -0.407 e. The average Bonchev–Trinajstić information content (AvgIpc) is 2.67. The smallest absolute Gasteiger partial charge is 0.315 e. The van der Waals surface area contributed by atoms with Crippen LogP contribution in [-0.2, 0) is 11.3 Å². The van der Waals surface area contributed by atoms with Crippen molar-refractivity contribution in [3.63, 3.8) is 0 Å². The number of nitrogens with zero attached hydrogens (tertiary/aromatic N) is 2. The van der Waals surface area contributed by atoms with E-state index in [0.717, 1.165) is 19.4 Å². The quantitative estimate of drug-likeness (QED) is 0.717. The lowest BCUT2D eigenvalue weighted by molar-refractivity contribution is 0.0868. The molecule has 2 rings (SSSR count). The zero-order valence-corrected chi connectivity index (χ0v) is 7.90. The van der Waals surface area contributed by atoms with E-state index in [-0.39, 0.29) is 12.6 Å². The van der Waals surface area contributed by atoms with Gasteiger partial charge >= 0.3 is 6.01 Å². The van der Waals surface area contributed by atoms with Gasteiger partial charge in [-0.2, -0.15) is 0 Å². The van der Waals surface area contributed by atoms with Crippen LogP contribution in [0.5, 0.6) is 0 Å². The van der Waals surface area contributed by atoms with Gasteiger partial charge in [0.15, 0.2) is 0 Å². The Morgan fingerprint density at radius 3 is 3.07 bits per heavy atom. The first-order valence-electron chi connectivity index (χ1n) is 4.75. The Balaban J connectivity index is 1.89. The first-order valence-corrected chi connectivity index (χ1v) is 4.75. The minimum atomic E-state index is 0.273. The summed E-state index contributed by atoms with van der Waals surface area (Å²) in [5.41, 5.74) is 5.35. The van der Waals surface area contributed by atoms with Crippen molar-refractivity contribution < 1.29 is 9.15 Å². The second-order valence-electron chi connectivity index (χ2n) is 3.26. The molecule has 0 aromatic carbocycles. The molecule has 0 bridgehead atoms. The van der Waals surface area contributed by atoms with Gasteiger partial charge in [0.05, 0.1) is 19.2 Å². The number of aromatic nitrogens is 2. The van der Waals surface area contributed by atoms with E-state index >= 15 is 0 Å². The molecule has 0 amide bonds. The predicted octanol–water partition coefficient (Wildman–Crippen LogP) is 0.119. The topological polar surface area (TPSA) is 86.2 Å². The molecule has 1 aromatic rings. The SMILES string of the molecule is NCc1nnc(NC2CCCOC2)o1. The van der Waals surface area contributed by atoms with Crippen molar-refractivity contribution in [2.75, 3.05) is 18.5 Å². The average molecular weight is 198 g/mol. The van der Waals surface area contributed by atoms with Gasteiger partial charge in [-0.1, -0.05) is 5.10 Å². The highest BCUT2D eigenvalue weighted by Crippen LogP contribution is 2.12. The number of hydrogen-bond donors (Lipinski definition) is 2. The van der Waals surface area contributed by atoms with E-state index in [2.05, 4.69) is 15.5 Å². The maximum absolute atomic E-state index is 5.35. The third kappa shape index (κ3) is 2.21. The van der Waals surface area contributed by atoms with E-state index in [4.69, 9.17) is 14.9 Å². The fourth-order valence-electron chi connectivity index (χ4n) is 1.42. The predicted molar refractivity (Wildman–Crippen MR) is 49.7 cm³/mol. The highest BCUT2D eigenvalue weighted by atomic mass is 16.5. The zero-order valence-electron chi connectivity index (χ0n) is 7.90. The van der Waals surface area contributed by atoms with Gasteiger partial charge in [-0.15, -0.1) is 5.10 Å². The molecule has 3 N–H and O–H groups in total. The monoisotopic (exact) mass is 198 g/mol. The van der Waals surface area contributed by atoms with Gasteiger partial charge in [-0.3, -0.25) is 0 Å². The number of hydrogen-bond acceptors (Lipinski definition) is 6. The van der Waals surface area contributed by atoms with E-state index in [9.17, 15) is 0 Å². The van der Waals surface area contributed by atoms with Crippen LogP contribution in [0.2, 0.25) is 0 Å². The van der Waals surface area contributed by atoms with E-state index in [1.54, 1.807) is 0 Å². The van der Waals surface area contributed by atoms with Crippen molar-refractivity contribution in [3.8, 4) is 0 Å². The molecule has 1 fully saturated rings. The summed E-state index contributed by atoms with van der Waals surface area (Å²) in [5.74, 6) is 0.448. The van der Waals surface area contributed by atoms with Gasteiger partial charge in [0, 0.05) is 6.61 Å². The van der Waals surface area contributed by atoms with E-state index in [1.165, 1.54) is 0 Å². The van der Waals surface area contributed by atoms with Crippen molar-refractivity contribution in [1.82, 2.24) is 10.2 Å². The lowest BCUT2D eigenvalue weighted by atomic mass is 10.1. The molecular formula is C8H14N4O2.